The molecule has 1 aliphatic rings. The maximum atomic E-state index is 12.4. The second kappa shape index (κ2) is 6.48. The molecule has 2 heterocycles. The van der Waals surface area contributed by atoms with Crippen LogP contribution in [0.1, 0.15) is 28.8 Å². The van der Waals surface area contributed by atoms with Gasteiger partial charge in [0.1, 0.15) is 0 Å². The van der Waals surface area contributed by atoms with Crippen molar-refractivity contribution < 1.29 is 4.79 Å². The number of hydrogen-bond donors (Lipinski definition) is 1. The SMILES string of the molecule is Cc1cc(Br)ccc1NC(=O)c1cncc(N2CCCC2)c1. The van der Waals surface area contributed by atoms with Crippen LogP contribution >= 0.6 is 15.9 Å². The molecule has 1 aliphatic heterocycles. The number of halogens is 1. The molecule has 1 amide bonds. The Morgan fingerprint density at radius 3 is 2.73 bits per heavy atom. The zero-order valence-corrected chi connectivity index (χ0v) is 14.1. The van der Waals surface area contributed by atoms with Crippen molar-refractivity contribution in [3.63, 3.8) is 0 Å². The van der Waals surface area contributed by atoms with Crippen LogP contribution in [0.3, 0.4) is 0 Å². The molecule has 0 radical (unpaired) electrons. The maximum Gasteiger partial charge on any atom is 0.257 e. The fraction of sp³-hybridized carbons (Fsp3) is 0.294. The summed E-state index contributed by atoms with van der Waals surface area (Å²) < 4.78 is 1.00. The number of nitrogens with zero attached hydrogens (tertiary/aromatic N) is 2. The summed E-state index contributed by atoms with van der Waals surface area (Å²) >= 11 is 3.43. The number of nitrogens with one attached hydrogen (secondary N) is 1. The van der Waals surface area contributed by atoms with Crippen LogP contribution in [0.5, 0.6) is 0 Å². The smallest absolute Gasteiger partial charge is 0.257 e. The first-order valence-electron chi connectivity index (χ1n) is 7.41. The third-order valence-electron chi connectivity index (χ3n) is 3.89. The molecule has 3 rings (SSSR count). The summed E-state index contributed by atoms with van der Waals surface area (Å²) in [7, 11) is 0. The number of anilines is 2. The van der Waals surface area contributed by atoms with Crippen LogP contribution in [0.2, 0.25) is 0 Å². The molecule has 1 aromatic heterocycles. The third kappa shape index (κ3) is 3.30. The van der Waals surface area contributed by atoms with Crippen LogP contribution in [0.25, 0.3) is 0 Å². The van der Waals surface area contributed by atoms with Gasteiger partial charge in [-0.1, -0.05) is 15.9 Å². The molecule has 0 bridgehead atoms. The van der Waals surface area contributed by atoms with Gasteiger partial charge in [-0.15, -0.1) is 0 Å². The summed E-state index contributed by atoms with van der Waals surface area (Å²) in [5.74, 6) is -0.126. The molecule has 0 atom stereocenters. The largest absolute Gasteiger partial charge is 0.370 e. The van der Waals surface area contributed by atoms with Crippen molar-refractivity contribution in [1.82, 2.24) is 4.98 Å². The lowest BCUT2D eigenvalue weighted by molar-refractivity contribution is 0.102. The standard InChI is InChI=1S/C17H18BrN3O/c1-12-8-14(18)4-5-16(12)20-17(22)13-9-15(11-19-10-13)21-6-2-3-7-21/h4-5,8-11H,2-3,6-7H2,1H3,(H,20,22). The second-order valence-electron chi connectivity index (χ2n) is 5.54. The van der Waals surface area contributed by atoms with E-state index in [1.54, 1.807) is 6.20 Å². The first-order chi connectivity index (χ1) is 10.6. The van der Waals surface area contributed by atoms with E-state index >= 15 is 0 Å². The number of hydrogen-bond acceptors (Lipinski definition) is 3. The van der Waals surface area contributed by atoms with Crippen LogP contribution < -0.4 is 10.2 Å². The van der Waals surface area contributed by atoms with E-state index in [0.717, 1.165) is 34.5 Å². The van der Waals surface area contributed by atoms with Gasteiger partial charge in [-0.05, 0) is 49.6 Å². The van der Waals surface area contributed by atoms with Gasteiger partial charge < -0.3 is 10.2 Å². The van der Waals surface area contributed by atoms with Crippen molar-refractivity contribution in [2.75, 3.05) is 23.3 Å². The van der Waals surface area contributed by atoms with Gasteiger partial charge in [-0.2, -0.15) is 0 Å². The van der Waals surface area contributed by atoms with Crippen LogP contribution in [0, 0.1) is 6.92 Å². The predicted molar refractivity (Wildman–Crippen MR) is 92.5 cm³/mol. The van der Waals surface area contributed by atoms with Crippen molar-refractivity contribution in [2.24, 2.45) is 0 Å². The molecule has 1 fully saturated rings. The van der Waals surface area contributed by atoms with E-state index in [-0.39, 0.29) is 5.91 Å². The molecule has 1 aromatic carbocycles. The normalized spacial score (nSPS) is 14.2. The molecule has 114 valence electrons. The number of carbonyl (C=O) groups is 1. The fourth-order valence-corrected chi connectivity index (χ4v) is 3.14. The number of benzene rings is 1. The number of rotatable bonds is 3. The molecule has 5 heteroatoms. The van der Waals surface area contributed by atoms with Gasteiger partial charge >= 0.3 is 0 Å². The highest BCUT2D eigenvalue weighted by atomic mass is 79.9. The Balaban J connectivity index is 1.78. The summed E-state index contributed by atoms with van der Waals surface area (Å²) in [5.41, 5.74) is 3.45. The highest BCUT2D eigenvalue weighted by Gasteiger charge is 2.15. The predicted octanol–water partition coefficient (Wildman–Crippen LogP) is 4.01. The number of aromatic nitrogens is 1. The van der Waals surface area contributed by atoms with Gasteiger partial charge in [-0.25, -0.2) is 0 Å². The molecule has 1 N–H and O–H groups in total. The highest BCUT2D eigenvalue weighted by molar-refractivity contribution is 9.10. The minimum absolute atomic E-state index is 0.126. The van der Waals surface area contributed by atoms with E-state index in [1.165, 1.54) is 12.8 Å². The number of aryl methyl sites for hydroxylation is 1. The molecule has 0 aliphatic carbocycles. The Bertz CT molecular complexity index is 696. The monoisotopic (exact) mass is 359 g/mol. The molecular weight excluding hydrogens is 342 g/mol. The summed E-state index contributed by atoms with van der Waals surface area (Å²) in [6, 6.07) is 7.72. The quantitative estimate of drug-likeness (QED) is 0.900. The van der Waals surface area contributed by atoms with Crippen LogP contribution in [0.15, 0.2) is 41.1 Å². The van der Waals surface area contributed by atoms with Crippen molar-refractivity contribution in [2.45, 2.75) is 19.8 Å². The molecule has 4 nitrogen and oxygen atoms in total. The van der Waals surface area contributed by atoms with E-state index in [1.807, 2.05) is 37.4 Å². The third-order valence-corrected chi connectivity index (χ3v) is 4.39. The molecule has 0 unspecified atom stereocenters. The molecule has 2 aromatic rings. The zero-order valence-electron chi connectivity index (χ0n) is 12.5. The Hall–Kier alpha value is -1.88. The molecule has 0 saturated carbocycles. The van der Waals surface area contributed by atoms with E-state index in [9.17, 15) is 4.79 Å². The first-order valence-corrected chi connectivity index (χ1v) is 8.20. The van der Waals surface area contributed by atoms with Gasteiger partial charge in [-0.3, -0.25) is 9.78 Å². The molecule has 1 saturated heterocycles. The molecule has 0 spiro atoms. The van der Waals surface area contributed by atoms with Gasteiger partial charge in [0.2, 0.25) is 0 Å². The minimum Gasteiger partial charge on any atom is -0.370 e. The van der Waals surface area contributed by atoms with Gasteiger partial charge in [0.15, 0.2) is 0 Å². The Morgan fingerprint density at radius 2 is 2.00 bits per heavy atom. The van der Waals surface area contributed by atoms with E-state index in [4.69, 9.17) is 0 Å². The van der Waals surface area contributed by atoms with E-state index < -0.39 is 0 Å². The average molecular weight is 360 g/mol. The van der Waals surface area contributed by atoms with Gasteiger partial charge in [0.05, 0.1) is 17.4 Å². The minimum atomic E-state index is -0.126. The van der Waals surface area contributed by atoms with E-state index in [2.05, 4.69) is 31.1 Å². The Kier molecular flexibility index (Phi) is 4.43. The topological polar surface area (TPSA) is 45.2 Å². The summed E-state index contributed by atoms with van der Waals surface area (Å²) in [6.07, 6.45) is 5.85. The van der Waals surface area contributed by atoms with E-state index in [0.29, 0.717) is 5.56 Å². The fourth-order valence-electron chi connectivity index (χ4n) is 2.66. The Morgan fingerprint density at radius 1 is 1.23 bits per heavy atom. The van der Waals surface area contributed by atoms with Gasteiger partial charge in [0, 0.05) is 29.4 Å². The zero-order chi connectivity index (χ0) is 15.5. The first kappa shape index (κ1) is 15.0. The van der Waals surface area contributed by atoms with Crippen LogP contribution in [0.4, 0.5) is 11.4 Å². The lowest BCUT2D eigenvalue weighted by atomic mass is 10.2. The molecular formula is C17H18BrN3O. The highest BCUT2D eigenvalue weighted by Crippen LogP contribution is 2.23. The van der Waals surface area contributed by atoms with Crippen molar-refractivity contribution in [3.8, 4) is 0 Å². The second-order valence-corrected chi connectivity index (χ2v) is 6.46. The summed E-state index contributed by atoms with van der Waals surface area (Å²) in [5, 5.41) is 2.95. The van der Waals surface area contributed by atoms with Crippen molar-refractivity contribution in [1.29, 1.82) is 0 Å². The van der Waals surface area contributed by atoms with Crippen molar-refractivity contribution in [3.05, 3.63) is 52.3 Å². The summed E-state index contributed by atoms with van der Waals surface area (Å²) in [4.78, 5) is 18.9. The van der Waals surface area contributed by atoms with Crippen LogP contribution in [-0.4, -0.2) is 24.0 Å². The number of pyridine rings is 1. The number of carbonyl (C=O) groups excluding carboxylic acids is 1. The maximum absolute atomic E-state index is 12.4. The van der Waals surface area contributed by atoms with Crippen molar-refractivity contribution >= 4 is 33.2 Å². The summed E-state index contributed by atoms with van der Waals surface area (Å²) in [6.45, 7) is 4.05. The molecule has 22 heavy (non-hydrogen) atoms. The Labute approximate surface area is 138 Å². The van der Waals surface area contributed by atoms with Crippen LogP contribution in [-0.2, 0) is 0 Å². The number of amides is 1. The lowest BCUT2D eigenvalue weighted by Crippen LogP contribution is -2.19. The average Bonchev–Trinajstić information content (AvgIpc) is 3.04. The van der Waals surface area contributed by atoms with Gasteiger partial charge in [0.25, 0.3) is 5.91 Å². The lowest BCUT2D eigenvalue weighted by Gasteiger charge is -2.17.